The number of thiol groups is 1. The molecule has 1 radical (unpaired) electrons. The van der Waals surface area contributed by atoms with Gasteiger partial charge in [0.1, 0.15) is 0 Å². The van der Waals surface area contributed by atoms with E-state index in [1.54, 1.807) is 12.9 Å². The molecule has 2 heterocycles. The second-order valence-corrected chi connectivity index (χ2v) is 32.7. The highest BCUT2D eigenvalue weighted by atomic mass is 32.1. The highest BCUT2D eigenvalue weighted by Crippen LogP contribution is 2.54. The summed E-state index contributed by atoms with van der Waals surface area (Å²) in [6.07, 6.45) is 30.3. The quantitative estimate of drug-likeness (QED) is 0.00250. The summed E-state index contributed by atoms with van der Waals surface area (Å²) in [5.41, 5.74) is 26.0. The van der Waals surface area contributed by atoms with E-state index in [0.29, 0.717) is 105 Å². The monoisotopic (exact) mass is 1670 g/mol. The lowest BCUT2D eigenvalue weighted by Crippen LogP contribution is -2.32. The van der Waals surface area contributed by atoms with Gasteiger partial charge in [-0.25, -0.2) is 19.5 Å². The number of nitrogens with zero attached hydrogens (tertiary/aromatic N) is 8. The molecular weight excluding hydrogens is 1540 g/mol. The molecule has 3 saturated carbocycles. The number of esters is 1. The van der Waals surface area contributed by atoms with Crippen LogP contribution in [0.4, 0.5) is 9.59 Å². The van der Waals surface area contributed by atoms with E-state index in [1.807, 2.05) is 11.6 Å². The van der Waals surface area contributed by atoms with Crippen molar-refractivity contribution in [3.63, 3.8) is 0 Å². The Morgan fingerprint density at radius 2 is 1.16 bits per heavy atom. The smallest absolute Gasteiger partial charge is 0.465 e. The number of hydrogen-bond donors (Lipinski definition) is 9. The maximum atomic E-state index is 12.1. The molecule has 1 aromatic rings. The Kier molecular flexibility index (Phi) is 54.7. The Labute approximate surface area is 679 Å². The molecule has 33 nitrogen and oxygen atoms in total. The van der Waals surface area contributed by atoms with Crippen LogP contribution in [-0.4, -0.2) is 152 Å². The number of unbranched alkanes of at least 4 members (excludes halogenated alkanes) is 14. The minimum absolute atomic E-state index is 0. The van der Waals surface area contributed by atoms with Crippen molar-refractivity contribution in [2.45, 2.75) is 259 Å². The number of azide groups is 1. The van der Waals surface area contributed by atoms with Crippen LogP contribution >= 0.6 is 36.8 Å². The number of rotatable bonds is 46. The minimum atomic E-state index is -4.13. The number of ether oxygens (including phenoxy) is 3. The topological polar surface area (TPSA) is 505 Å². The molecule has 7 aliphatic rings. The lowest BCUT2D eigenvalue weighted by Gasteiger charge is -2.12. The van der Waals surface area contributed by atoms with Crippen molar-refractivity contribution in [2.75, 3.05) is 65.9 Å². The Bertz CT molecular complexity index is 3390. The number of hydrogen-bond acceptors (Lipinski definition) is 24. The molecule has 113 heavy (non-hydrogen) atoms. The molecule has 1 saturated heterocycles. The van der Waals surface area contributed by atoms with Gasteiger partial charge in [0, 0.05) is 94.0 Å². The number of fused-ring (bicyclic) bond motifs is 4. The molecule has 7 unspecified atom stereocenters. The fourth-order valence-corrected chi connectivity index (χ4v) is 15.2. The van der Waals surface area contributed by atoms with Crippen LogP contribution in [0.1, 0.15) is 251 Å². The first-order valence-corrected chi connectivity index (χ1v) is 44.6. The number of nitrogens with one attached hydrogen (secondary N) is 2. The summed E-state index contributed by atoms with van der Waals surface area (Å²) >= 11 is 3.47. The summed E-state index contributed by atoms with van der Waals surface area (Å²) in [7, 11) is -10.3. The first-order chi connectivity index (χ1) is 54.4. The van der Waals surface area contributed by atoms with Gasteiger partial charge in [0.25, 0.3) is 11.8 Å². The van der Waals surface area contributed by atoms with Gasteiger partial charge in [0.2, 0.25) is 11.8 Å². The molecular formula is C75H130BN13O20P3S. The van der Waals surface area contributed by atoms with E-state index in [0.717, 1.165) is 223 Å². The number of nitrogens with two attached hydrogens (primary N) is 3. The maximum Gasteiger partial charge on any atom is 0.533 e. The van der Waals surface area contributed by atoms with Crippen LogP contribution in [0.5, 0.6) is 0 Å². The van der Waals surface area contributed by atoms with Crippen molar-refractivity contribution >= 4 is 86.1 Å². The van der Waals surface area contributed by atoms with Gasteiger partial charge in [-0.2, -0.15) is 0 Å². The number of imide groups is 1. The Hall–Kier alpha value is -6.07. The van der Waals surface area contributed by atoms with Crippen LogP contribution in [0.15, 0.2) is 5.11 Å². The maximum absolute atomic E-state index is 12.1. The Morgan fingerprint density at radius 3 is 1.64 bits per heavy atom. The van der Waals surface area contributed by atoms with Gasteiger partial charge in [0.05, 0.1) is 51.0 Å². The SMILES string of the molecule is C.CC(CCCCN=[N+]=[N-])C(N)=O.CP(=O)(O)OCCCCCCN.N#C[B]NS.O=C(OCC1[C@H]2CCC#CCC[C@@H]12)ON1C(=O)CCC1=O.[3H]P(=O)(O)OCCCCCCCCCC(=O)OCC1[C@H]2CCC#CCC[C@@H]12.[3H]P(=O)(O)OCCCCCCNC(=O)OC[C@@H]1[C@@H]2CCc3nnn(CCCCC(C)C(N)=O)c3CC[C@@H]21. The molecule has 639 valence electrons. The molecule has 8 rings (SSSR count). The van der Waals surface area contributed by atoms with Crippen molar-refractivity contribution in [3.8, 4) is 29.7 Å². The molecule has 5 amide bonds. The Morgan fingerprint density at radius 1 is 0.699 bits per heavy atom. The zero-order valence-electron chi connectivity index (χ0n) is 67.8. The van der Waals surface area contributed by atoms with Crippen molar-refractivity contribution in [3.05, 3.63) is 21.8 Å². The summed E-state index contributed by atoms with van der Waals surface area (Å²) in [4.78, 5) is 113. The Balaban J connectivity index is 0.000000508. The normalized spacial score (nSPS) is 22.6. The van der Waals surface area contributed by atoms with Gasteiger partial charge >= 0.3 is 49.6 Å². The van der Waals surface area contributed by atoms with Crippen LogP contribution in [0.3, 0.4) is 0 Å². The second kappa shape index (κ2) is 62.2. The minimum Gasteiger partial charge on any atom is -0.465 e. The molecule has 14 atom stereocenters. The van der Waals surface area contributed by atoms with Crippen LogP contribution in [0, 0.1) is 100 Å². The van der Waals surface area contributed by atoms with Gasteiger partial charge < -0.3 is 65.0 Å². The number of carbonyl (C=O) groups excluding carboxylic acids is 7. The molecule has 4 fully saturated rings. The van der Waals surface area contributed by atoms with E-state index in [-0.39, 0.29) is 75.8 Å². The largest absolute Gasteiger partial charge is 0.533 e. The average molecular weight is 1670 g/mol. The summed E-state index contributed by atoms with van der Waals surface area (Å²) in [5.74, 6) is 17.7. The number of aryl methyl sites for hydroxylation is 2. The fraction of sp³-hybridized carbons (Fsp3) is 0.813. The van der Waals surface area contributed by atoms with Crippen LogP contribution < -0.4 is 27.2 Å². The second-order valence-electron chi connectivity index (χ2n) is 29.1. The van der Waals surface area contributed by atoms with E-state index >= 15 is 0 Å². The van der Waals surface area contributed by atoms with Gasteiger partial charge in [-0.05, 0) is 181 Å². The summed E-state index contributed by atoms with van der Waals surface area (Å²) < 4.78 is 79.4. The van der Waals surface area contributed by atoms with Crippen molar-refractivity contribution in [1.29, 1.82) is 7.82 Å². The molecule has 0 spiro atoms. The van der Waals surface area contributed by atoms with Crippen molar-refractivity contribution in [1.82, 2.24) is 30.0 Å². The number of hydroxylamine groups is 2. The molecule has 6 aliphatic carbocycles. The van der Waals surface area contributed by atoms with Crippen LogP contribution in [0.25, 0.3) is 10.4 Å². The first-order valence-electron chi connectivity index (χ1n) is 40.8. The third kappa shape index (κ3) is 48.3. The molecule has 11 N–H and O–H groups in total. The van der Waals surface area contributed by atoms with E-state index in [9.17, 15) is 47.3 Å². The number of carbonyl (C=O) groups is 7. The zero-order chi connectivity index (χ0) is 84.2. The van der Waals surface area contributed by atoms with E-state index in [4.69, 9.17) is 59.4 Å². The highest BCUT2D eigenvalue weighted by Gasteiger charge is 2.52. The van der Waals surface area contributed by atoms with E-state index in [2.05, 4.69) is 85.2 Å². The molecule has 38 heteroatoms. The van der Waals surface area contributed by atoms with Crippen LogP contribution in [-0.2, 0) is 89.7 Å². The lowest BCUT2D eigenvalue weighted by atomic mass is 10.0. The first kappa shape index (κ1) is 99.3. The number of amides is 5. The lowest BCUT2D eigenvalue weighted by molar-refractivity contribution is -0.177. The third-order valence-electron chi connectivity index (χ3n) is 20.7. The van der Waals surface area contributed by atoms with Gasteiger partial charge in [-0.3, -0.25) is 47.1 Å². The van der Waals surface area contributed by atoms with Crippen molar-refractivity contribution in [2.24, 2.45) is 87.4 Å². The predicted molar refractivity (Wildman–Crippen MR) is 432 cm³/mol. The van der Waals surface area contributed by atoms with Crippen LogP contribution in [0.2, 0.25) is 0 Å². The summed E-state index contributed by atoms with van der Waals surface area (Å²) in [5, 5.41) is 23.1. The molecule has 0 bridgehead atoms. The fourth-order valence-electron chi connectivity index (χ4n) is 14.1. The number of aromatic nitrogens is 3. The zero-order valence-corrected chi connectivity index (χ0v) is 69.4. The van der Waals surface area contributed by atoms with E-state index in [1.165, 1.54) is 19.8 Å². The number of alkyl carbamates (subject to hydrolysis) is 1. The average Bonchev–Trinajstić information content (AvgIpc) is 1.63. The van der Waals surface area contributed by atoms with Gasteiger partial charge in [0.15, 0.2) is 2.56 Å². The predicted octanol–water partition coefficient (Wildman–Crippen LogP) is 12.2. The summed E-state index contributed by atoms with van der Waals surface area (Å²) in [6.45, 7) is 9.36. The summed E-state index contributed by atoms with van der Waals surface area (Å²) in [6, 6.07) is 0. The standard InChI is InChI=1S/C24H42N5O6P.C20H33O5P.C15H17NO5.C7H14N4O.C7H18NO3P.CH2BN2S.CH4/c1-17(23(25)30)8-4-6-14-29-22-12-10-19-18(9-11-21(22)27-28-29)20(19)16-34-24(31)26-13-5-2-3-7-15-35-36(32)33;21-20(14-10-4-2-1-3-7-11-15-25-26(22)23)24-16-19-17-12-8-5-6-9-13-18(17)19;17-13-7-8-14(18)16(13)21-15(19)20-9-12-10-5-3-1-2-4-6-11(10)12;1-6(7(8)12)4-2-3-5-10-11-9;1-12(9,10)11-7-5-3-2-4-6-8;3-1-2-4-5;/h17-20,36H,2-16H2,1H3,(H2,25,30)(H,26,31)(H,32,33);17-19,26H,1-4,7-16H2,(H,22,23);10-12H,3-9H2;6H,2-5H2,1H3,(H2,8,12);2-8H2,1H3,(H,9,10);4-5H;1H4/t17?,18-,19+,20-;17-,18+,19?;10-,11+,12?;;;;/m1....../s1/i36T;26T;;;;;. The number of primary amides is 2. The van der Waals surface area contributed by atoms with E-state index < -0.39 is 42.0 Å². The van der Waals surface area contributed by atoms with Crippen molar-refractivity contribution < 1.29 is 94.6 Å². The third-order valence-corrected chi connectivity index (χ3v) is 22.3. The number of nitriles is 1. The molecule has 1 aliphatic heterocycles. The molecule has 1 aromatic heterocycles. The van der Waals surface area contributed by atoms with Gasteiger partial charge in [-0.15, -0.1) is 41.6 Å². The van der Waals surface area contributed by atoms with Gasteiger partial charge in [-0.1, -0.05) is 107 Å². The highest BCUT2D eigenvalue weighted by molar-refractivity contribution is 7.79. The molecule has 0 aromatic carbocycles.